The molecule has 0 saturated heterocycles. The van der Waals surface area contributed by atoms with Gasteiger partial charge in [0.25, 0.3) is 0 Å². The summed E-state index contributed by atoms with van der Waals surface area (Å²) in [5.41, 5.74) is 4.17. The summed E-state index contributed by atoms with van der Waals surface area (Å²) >= 11 is 0. The molecule has 0 atom stereocenters. The minimum Gasteiger partial charge on any atom is -0.192 e. The van der Waals surface area contributed by atoms with Crippen molar-refractivity contribution in [2.24, 2.45) is 0 Å². The molecule has 28 heavy (non-hydrogen) atoms. The van der Waals surface area contributed by atoms with Crippen LogP contribution in [0.3, 0.4) is 0 Å². The fraction of sp³-hybridized carbons (Fsp3) is 0.208. The third kappa shape index (κ3) is 4.09. The summed E-state index contributed by atoms with van der Waals surface area (Å²) in [5.74, 6) is 0. The van der Waals surface area contributed by atoms with Crippen molar-refractivity contribution in [3.8, 4) is 6.07 Å². The third-order valence-electron chi connectivity index (χ3n) is 5.06. The van der Waals surface area contributed by atoms with Crippen molar-refractivity contribution in [2.45, 2.75) is 32.9 Å². The maximum Gasteiger partial charge on any atom is 0.416 e. The Hall–Kier alpha value is -3.06. The highest BCUT2D eigenvalue weighted by Crippen LogP contribution is 2.31. The number of rotatable bonds is 4. The van der Waals surface area contributed by atoms with E-state index in [9.17, 15) is 18.4 Å². The zero-order valence-corrected chi connectivity index (χ0v) is 15.8. The molecule has 0 aliphatic heterocycles. The smallest absolute Gasteiger partial charge is 0.192 e. The van der Waals surface area contributed by atoms with Crippen molar-refractivity contribution < 1.29 is 13.2 Å². The molecule has 142 valence electrons. The van der Waals surface area contributed by atoms with E-state index in [0.29, 0.717) is 18.4 Å². The highest BCUT2D eigenvalue weighted by molar-refractivity contribution is 5.91. The Morgan fingerprint density at radius 2 is 1.68 bits per heavy atom. The van der Waals surface area contributed by atoms with Crippen LogP contribution in [0, 0.1) is 11.3 Å². The Labute approximate surface area is 162 Å². The molecule has 0 fully saturated rings. The Morgan fingerprint density at radius 3 is 2.29 bits per heavy atom. The molecule has 0 aliphatic rings. The fourth-order valence-corrected chi connectivity index (χ4v) is 3.38. The topological polar surface area (TPSA) is 23.8 Å². The Morgan fingerprint density at radius 1 is 1.00 bits per heavy atom. The predicted molar refractivity (Wildman–Crippen MR) is 107 cm³/mol. The van der Waals surface area contributed by atoms with Gasteiger partial charge in [-0.05, 0) is 84.0 Å². The Bertz CT molecular complexity index is 1070. The third-order valence-corrected chi connectivity index (χ3v) is 5.06. The standard InChI is InChI=1S/C24H20F3N/c1-3-16(2)21-13-9-19-8-4-18(15-28)14-23(19)22(21)12-7-17-5-10-20(11-6-17)24(25,26)27/h3-6,8-11,13-14H,7,12H2,1-2H3/b16-3+. The lowest BCUT2D eigenvalue weighted by atomic mass is 9.90. The molecule has 3 aromatic carbocycles. The van der Waals surface area contributed by atoms with Crippen LogP contribution in [0.15, 0.2) is 60.7 Å². The second-order valence-corrected chi connectivity index (χ2v) is 6.81. The Kier molecular flexibility index (Phi) is 5.56. The van der Waals surface area contributed by atoms with E-state index < -0.39 is 11.7 Å². The van der Waals surface area contributed by atoms with E-state index in [1.54, 1.807) is 6.07 Å². The van der Waals surface area contributed by atoms with Gasteiger partial charge >= 0.3 is 6.18 Å². The number of hydrogen-bond donors (Lipinski definition) is 0. The molecule has 0 saturated carbocycles. The van der Waals surface area contributed by atoms with Gasteiger partial charge in [-0.3, -0.25) is 0 Å². The lowest BCUT2D eigenvalue weighted by Crippen LogP contribution is -2.05. The molecule has 0 N–H and O–H groups in total. The molecule has 0 heterocycles. The van der Waals surface area contributed by atoms with Crippen LogP contribution < -0.4 is 0 Å². The van der Waals surface area contributed by atoms with Crippen LogP contribution in [0.1, 0.15) is 41.7 Å². The van der Waals surface area contributed by atoms with Crippen LogP contribution >= 0.6 is 0 Å². The molecule has 0 spiro atoms. The number of allylic oxidation sites excluding steroid dienone is 2. The average molecular weight is 379 g/mol. The summed E-state index contributed by atoms with van der Waals surface area (Å²) in [6.07, 6.45) is -0.981. The van der Waals surface area contributed by atoms with Gasteiger partial charge in [-0.25, -0.2) is 0 Å². The van der Waals surface area contributed by atoms with Crippen LogP contribution in [0.2, 0.25) is 0 Å². The van der Waals surface area contributed by atoms with Crippen molar-refractivity contribution in [1.82, 2.24) is 0 Å². The quantitative estimate of drug-likeness (QED) is 0.482. The zero-order chi connectivity index (χ0) is 20.3. The largest absolute Gasteiger partial charge is 0.416 e. The van der Waals surface area contributed by atoms with Crippen LogP contribution in [0.25, 0.3) is 16.3 Å². The summed E-state index contributed by atoms with van der Waals surface area (Å²) in [6, 6.07) is 17.3. The first-order chi connectivity index (χ1) is 13.3. The second kappa shape index (κ2) is 7.90. The molecule has 4 heteroatoms. The van der Waals surface area contributed by atoms with E-state index in [1.807, 2.05) is 38.1 Å². The van der Waals surface area contributed by atoms with Crippen LogP contribution in [-0.4, -0.2) is 0 Å². The number of hydrogen-bond acceptors (Lipinski definition) is 1. The zero-order valence-electron chi connectivity index (χ0n) is 15.8. The first kappa shape index (κ1) is 19.7. The maximum atomic E-state index is 12.8. The molecule has 0 bridgehead atoms. The van der Waals surface area contributed by atoms with Crippen LogP contribution in [0.4, 0.5) is 13.2 Å². The molecule has 1 nitrogen and oxygen atoms in total. The lowest BCUT2D eigenvalue weighted by molar-refractivity contribution is -0.137. The molecule has 3 aromatic rings. The van der Waals surface area contributed by atoms with Gasteiger partial charge in [0.15, 0.2) is 0 Å². The van der Waals surface area contributed by atoms with E-state index in [-0.39, 0.29) is 0 Å². The fourth-order valence-electron chi connectivity index (χ4n) is 3.38. The van der Waals surface area contributed by atoms with E-state index in [4.69, 9.17) is 0 Å². The van der Waals surface area contributed by atoms with Crippen molar-refractivity contribution in [3.63, 3.8) is 0 Å². The first-order valence-electron chi connectivity index (χ1n) is 9.08. The van der Waals surface area contributed by atoms with E-state index in [2.05, 4.69) is 12.1 Å². The minimum absolute atomic E-state index is 0.596. The molecular weight excluding hydrogens is 359 g/mol. The van der Waals surface area contributed by atoms with Crippen LogP contribution in [-0.2, 0) is 19.0 Å². The van der Waals surface area contributed by atoms with E-state index in [0.717, 1.165) is 45.2 Å². The van der Waals surface area contributed by atoms with Crippen molar-refractivity contribution in [2.75, 3.05) is 0 Å². The van der Waals surface area contributed by atoms with Crippen molar-refractivity contribution >= 4 is 16.3 Å². The summed E-state index contributed by atoms with van der Waals surface area (Å²) < 4.78 is 38.3. The van der Waals surface area contributed by atoms with Gasteiger partial charge in [0, 0.05) is 0 Å². The summed E-state index contributed by atoms with van der Waals surface area (Å²) in [6.45, 7) is 4.02. The van der Waals surface area contributed by atoms with Gasteiger partial charge < -0.3 is 0 Å². The predicted octanol–water partition coefficient (Wildman–Crippen LogP) is 6.94. The van der Waals surface area contributed by atoms with Gasteiger partial charge in [-0.15, -0.1) is 0 Å². The van der Waals surface area contributed by atoms with Gasteiger partial charge in [0.1, 0.15) is 0 Å². The van der Waals surface area contributed by atoms with Gasteiger partial charge in [-0.2, -0.15) is 18.4 Å². The number of alkyl halides is 3. The Balaban J connectivity index is 1.99. The highest BCUT2D eigenvalue weighted by atomic mass is 19.4. The minimum atomic E-state index is -4.32. The number of halogens is 3. The number of fused-ring (bicyclic) bond motifs is 1. The molecule has 0 radical (unpaired) electrons. The number of nitrogens with zero attached hydrogens (tertiary/aromatic N) is 1. The van der Waals surface area contributed by atoms with Gasteiger partial charge in [0.05, 0.1) is 17.2 Å². The lowest BCUT2D eigenvalue weighted by Gasteiger charge is -2.15. The molecule has 0 aromatic heterocycles. The number of nitriles is 1. The second-order valence-electron chi connectivity index (χ2n) is 6.81. The molecule has 0 aliphatic carbocycles. The van der Waals surface area contributed by atoms with E-state index >= 15 is 0 Å². The van der Waals surface area contributed by atoms with Gasteiger partial charge in [0.2, 0.25) is 0 Å². The molecular formula is C24H20F3N. The van der Waals surface area contributed by atoms with Crippen molar-refractivity contribution in [3.05, 3.63) is 88.5 Å². The normalized spacial score (nSPS) is 12.2. The van der Waals surface area contributed by atoms with Gasteiger partial charge in [-0.1, -0.05) is 36.4 Å². The number of benzene rings is 3. The average Bonchev–Trinajstić information content (AvgIpc) is 2.70. The molecule has 3 rings (SSSR count). The van der Waals surface area contributed by atoms with Crippen molar-refractivity contribution in [1.29, 1.82) is 5.26 Å². The van der Waals surface area contributed by atoms with Crippen LogP contribution in [0.5, 0.6) is 0 Å². The SMILES string of the molecule is C/C=C(\C)c1ccc2ccc(C#N)cc2c1CCc1ccc(C(F)(F)F)cc1. The summed E-state index contributed by atoms with van der Waals surface area (Å²) in [5, 5.41) is 11.3. The monoisotopic (exact) mass is 379 g/mol. The number of aryl methyl sites for hydroxylation is 2. The maximum absolute atomic E-state index is 12.8. The van der Waals surface area contributed by atoms with E-state index in [1.165, 1.54) is 12.1 Å². The molecule has 0 unspecified atom stereocenters. The summed E-state index contributed by atoms with van der Waals surface area (Å²) in [4.78, 5) is 0. The first-order valence-corrected chi connectivity index (χ1v) is 9.08. The summed E-state index contributed by atoms with van der Waals surface area (Å²) in [7, 11) is 0. The highest BCUT2D eigenvalue weighted by Gasteiger charge is 2.29. The molecule has 0 amide bonds.